The standard InChI is InChI=1S/C28H30O5/c29-17-25-16-26(31-19-23-12-6-2-7-13-23)28(32-20-24-14-8-3-9-15-24)27(33-25)21-30-18-22-10-4-1-5-11-22/h1-15,17,25-28H,16,18-21H2/t25?,26-,27-,28+/m1/s1. The van der Waals surface area contributed by atoms with Crippen LogP contribution in [0.1, 0.15) is 23.1 Å². The van der Waals surface area contributed by atoms with E-state index >= 15 is 0 Å². The predicted octanol–water partition coefficient (Wildman–Crippen LogP) is 4.73. The minimum Gasteiger partial charge on any atom is -0.374 e. The van der Waals surface area contributed by atoms with Crippen molar-refractivity contribution in [3.05, 3.63) is 108 Å². The van der Waals surface area contributed by atoms with Gasteiger partial charge in [-0.2, -0.15) is 0 Å². The van der Waals surface area contributed by atoms with E-state index < -0.39 is 12.2 Å². The predicted molar refractivity (Wildman–Crippen MR) is 125 cm³/mol. The highest BCUT2D eigenvalue weighted by Crippen LogP contribution is 2.27. The Hall–Kier alpha value is -2.83. The second-order valence-corrected chi connectivity index (χ2v) is 8.18. The Morgan fingerprint density at radius 1 is 0.727 bits per heavy atom. The van der Waals surface area contributed by atoms with Crippen molar-refractivity contribution in [3.63, 3.8) is 0 Å². The third kappa shape index (κ3) is 7.07. The maximum Gasteiger partial charge on any atom is 0.148 e. The summed E-state index contributed by atoms with van der Waals surface area (Å²) in [5.41, 5.74) is 3.23. The molecule has 0 aliphatic carbocycles. The summed E-state index contributed by atoms with van der Waals surface area (Å²) in [6, 6.07) is 30.0. The molecule has 0 N–H and O–H groups in total. The molecule has 1 aliphatic rings. The molecule has 1 unspecified atom stereocenters. The summed E-state index contributed by atoms with van der Waals surface area (Å²) in [5.74, 6) is 0. The minimum atomic E-state index is -0.548. The van der Waals surface area contributed by atoms with Crippen LogP contribution in [0.4, 0.5) is 0 Å². The van der Waals surface area contributed by atoms with Gasteiger partial charge < -0.3 is 23.7 Å². The van der Waals surface area contributed by atoms with Crippen molar-refractivity contribution in [2.45, 2.75) is 50.7 Å². The molecule has 1 saturated heterocycles. The highest BCUT2D eigenvalue weighted by Gasteiger charge is 2.40. The van der Waals surface area contributed by atoms with Crippen LogP contribution in [0.2, 0.25) is 0 Å². The van der Waals surface area contributed by atoms with Gasteiger partial charge >= 0.3 is 0 Å². The summed E-state index contributed by atoms with van der Waals surface area (Å²) in [5, 5.41) is 0. The number of benzene rings is 3. The Balaban J connectivity index is 1.45. The van der Waals surface area contributed by atoms with E-state index in [-0.39, 0.29) is 12.2 Å². The Morgan fingerprint density at radius 3 is 1.79 bits per heavy atom. The van der Waals surface area contributed by atoms with Gasteiger partial charge in [-0.1, -0.05) is 91.0 Å². The molecule has 1 aliphatic heterocycles. The van der Waals surface area contributed by atoms with Crippen LogP contribution >= 0.6 is 0 Å². The molecule has 0 saturated carbocycles. The van der Waals surface area contributed by atoms with Crippen LogP contribution in [0.5, 0.6) is 0 Å². The number of ether oxygens (including phenoxy) is 4. The Labute approximate surface area is 195 Å². The summed E-state index contributed by atoms with van der Waals surface area (Å²) in [4.78, 5) is 11.6. The quantitative estimate of drug-likeness (QED) is 0.399. The van der Waals surface area contributed by atoms with Crippen molar-refractivity contribution in [1.82, 2.24) is 0 Å². The third-order valence-electron chi connectivity index (χ3n) is 5.68. The lowest BCUT2D eigenvalue weighted by Gasteiger charge is -2.40. The van der Waals surface area contributed by atoms with E-state index in [0.717, 1.165) is 23.0 Å². The molecular weight excluding hydrogens is 416 g/mol. The zero-order chi connectivity index (χ0) is 22.7. The lowest BCUT2D eigenvalue weighted by molar-refractivity contribution is -0.215. The van der Waals surface area contributed by atoms with E-state index in [0.29, 0.717) is 32.8 Å². The maximum atomic E-state index is 11.6. The lowest BCUT2D eigenvalue weighted by Crippen LogP contribution is -2.52. The van der Waals surface area contributed by atoms with Gasteiger partial charge in [-0.3, -0.25) is 0 Å². The van der Waals surface area contributed by atoms with Crippen LogP contribution in [-0.4, -0.2) is 37.3 Å². The average molecular weight is 447 g/mol. The number of rotatable bonds is 11. The molecule has 5 nitrogen and oxygen atoms in total. The molecule has 0 aromatic heterocycles. The zero-order valence-corrected chi connectivity index (χ0v) is 18.6. The molecule has 5 heteroatoms. The van der Waals surface area contributed by atoms with Gasteiger partial charge in [0.05, 0.1) is 32.5 Å². The highest BCUT2D eigenvalue weighted by molar-refractivity contribution is 5.56. The van der Waals surface area contributed by atoms with Crippen molar-refractivity contribution >= 4 is 6.29 Å². The second kappa shape index (κ2) is 12.4. The fourth-order valence-corrected chi connectivity index (χ4v) is 3.97. The molecule has 33 heavy (non-hydrogen) atoms. The van der Waals surface area contributed by atoms with E-state index in [1.165, 1.54) is 0 Å². The summed E-state index contributed by atoms with van der Waals surface area (Å²) < 4.78 is 24.6. The SMILES string of the molecule is O=CC1C[C@@H](OCc2ccccc2)[C@H](OCc2ccccc2)[C@@H](COCc2ccccc2)O1. The smallest absolute Gasteiger partial charge is 0.148 e. The normalized spacial score (nSPS) is 22.7. The molecule has 3 aromatic rings. The molecule has 1 fully saturated rings. The number of carbonyl (C=O) groups is 1. The van der Waals surface area contributed by atoms with Crippen molar-refractivity contribution in [3.8, 4) is 0 Å². The summed E-state index contributed by atoms with van der Waals surface area (Å²) in [6.07, 6.45) is -0.319. The maximum absolute atomic E-state index is 11.6. The molecule has 0 bridgehead atoms. The van der Waals surface area contributed by atoms with Gasteiger partial charge in [-0.15, -0.1) is 0 Å². The van der Waals surface area contributed by atoms with E-state index in [1.54, 1.807) is 0 Å². The molecule has 4 rings (SSSR count). The van der Waals surface area contributed by atoms with Gasteiger partial charge in [0.1, 0.15) is 24.6 Å². The first kappa shape index (κ1) is 23.3. The van der Waals surface area contributed by atoms with Gasteiger partial charge in [0.2, 0.25) is 0 Å². The van der Waals surface area contributed by atoms with Gasteiger partial charge in [0.15, 0.2) is 0 Å². The summed E-state index contributed by atoms with van der Waals surface area (Å²) in [6.45, 7) is 1.65. The third-order valence-corrected chi connectivity index (χ3v) is 5.68. The highest BCUT2D eigenvalue weighted by atomic mass is 16.6. The van der Waals surface area contributed by atoms with Gasteiger partial charge in [0, 0.05) is 6.42 Å². The van der Waals surface area contributed by atoms with Crippen LogP contribution < -0.4 is 0 Å². The van der Waals surface area contributed by atoms with E-state index in [2.05, 4.69) is 0 Å². The Bertz CT molecular complexity index is 948. The van der Waals surface area contributed by atoms with Gasteiger partial charge in [0.25, 0.3) is 0 Å². The first-order valence-corrected chi connectivity index (χ1v) is 11.4. The van der Waals surface area contributed by atoms with Crippen molar-refractivity contribution in [2.75, 3.05) is 6.61 Å². The Kier molecular flexibility index (Phi) is 8.78. The van der Waals surface area contributed by atoms with Crippen LogP contribution in [0, 0.1) is 0 Å². The van der Waals surface area contributed by atoms with Gasteiger partial charge in [-0.05, 0) is 16.7 Å². The van der Waals surface area contributed by atoms with Crippen LogP contribution in [-0.2, 0) is 43.6 Å². The van der Waals surface area contributed by atoms with Crippen molar-refractivity contribution < 1.29 is 23.7 Å². The largest absolute Gasteiger partial charge is 0.374 e. The Morgan fingerprint density at radius 2 is 1.24 bits per heavy atom. The molecule has 0 amide bonds. The molecule has 4 atom stereocenters. The monoisotopic (exact) mass is 446 g/mol. The van der Waals surface area contributed by atoms with Crippen LogP contribution in [0.25, 0.3) is 0 Å². The van der Waals surface area contributed by atoms with Gasteiger partial charge in [-0.25, -0.2) is 0 Å². The topological polar surface area (TPSA) is 54.0 Å². The summed E-state index contributed by atoms with van der Waals surface area (Å²) >= 11 is 0. The van der Waals surface area contributed by atoms with Crippen molar-refractivity contribution in [1.29, 1.82) is 0 Å². The minimum absolute atomic E-state index is 0.289. The van der Waals surface area contributed by atoms with Crippen molar-refractivity contribution in [2.24, 2.45) is 0 Å². The van der Waals surface area contributed by atoms with E-state index in [9.17, 15) is 4.79 Å². The zero-order valence-electron chi connectivity index (χ0n) is 18.6. The first-order valence-electron chi connectivity index (χ1n) is 11.4. The number of carbonyl (C=O) groups excluding carboxylic acids is 1. The first-order chi connectivity index (χ1) is 16.3. The fourth-order valence-electron chi connectivity index (χ4n) is 3.97. The molecule has 3 aromatic carbocycles. The fraction of sp³-hybridized carbons (Fsp3) is 0.321. The van der Waals surface area contributed by atoms with E-state index in [4.69, 9.17) is 18.9 Å². The molecule has 0 spiro atoms. The molecule has 1 heterocycles. The number of hydrogen-bond donors (Lipinski definition) is 0. The second-order valence-electron chi connectivity index (χ2n) is 8.18. The van der Waals surface area contributed by atoms with Crippen LogP contribution in [0.15, 0.2) is 91.0 Å². The number of aldehydes is 1. The average Bonchev–Trinajstić information content (AvgIpc) is 2.88. The number of hydrogen-bond acceptors (Lipinski definition) is 5. The van der Waals surface area contributed by atoms with Crippen LogP contribution in [0.3, 0.4) is 0 Å². The lowest BCUT2D eigenvalue weighted by atomic mass is 9.97. The molecular formula is C28H30O5. The molecule has 0 radical (unpaired) electrons. The molecule has 172 valence electrons. The summed E-state index contributed by atoms with van der Waals surface area (Å²) in [7, 11) is 0. The van der Waals surface area contributed by atoms with E-state index in [1.807, 2.05) is 91.0 Å².